The molecule has 2 heterocycles. The summed E-state index contributed by atoms with van der Waals surface area (Å²) in [6.07, 6.45) is 1.63. The van der Waals surface area contributed by atoms with Crippen molar-refractivity contribution in [1.29, 1.82) is 0 Å². The summed E-state index contributed by atoms with van der Waals surface area (Å²) < 4.78 is 11.6. The van der Waals surface area contributed by atoms with Crippen LogP contribution < -0.4 is 0 Å². The maximum Gasteiger partial charge on any atom is 0.244 e. The van der Waals surface area contributed by atoms with Gasteiger partial charge < -0.3 is 14.4 Å². The zero-order valence-corrected chi connectivity index (χ0v) is 13.3. The monoisotopic (exact) mass is 304 g/mol. The Bertz CT molecular complexity index is 502. The van der Waals surface area contributed by atoms with Crippen LogP contribution in [0.2, 0.25) is 0 Å². The van der Waals surface area contributed by atoms with E-state index in [2.05, 4.69) is 4.90 Å². The van der Waals surface area contributed by atoms with E-state index in [0.717, 1.165) is 31.5 Å². The SMILES string of the molecule is CN(C)C(=O)C(c1ccccc1)N1CCC2(CC1)OCCO2. The summed E-state index contributed by atoms with van der Waals surface area (Å²) in [5, 5.41) is 0. The number of piperidine rings is 1. The molecule has 2 saturated heterocycles. The fraction of sp³-hybridized carbons (Fsp3) is 0.588. The normalized spacial score (nSPS) is 22.6. The standard InChI is InChI=1S/C17H24N2O3/c1-18(2)16(20)15(14-6-4-3-5-7-14)19-10-8-17(9-11-19)21-12-13-22-17/h3-7,15H,8-13H2,1-2H3. The van der Waals surface area contributed by atoms with Gasteiger partial charge in [0.2, 0.25) is 5.91 Å². The van der Waals surface area contributed by atoms with Crippen molar-refractivity contribution in [1.82, 2.24) is 9.80 Å². The van der Waals surface area contributed by atoms with Gasteiger partial charge in [-0.3, -0.25) is 9.69 Å². The Kier molecular flexibility index (Phi) is 4.47. The third-order valence-corrected chi connectivity index (χ3v) is 4.53. The van der Waals surface area contributed by atoms with Gasteiger partial charge in [0.25, 0.3) is 0 Å². The number of carbonyl (C=O) groups excluding carboxylic acids is 1. The Morgan fingerprint density at radius 3 is 2.27 bits per heavy atom. The largest absolute Gasteiger partial charge is 0.347 e. The summed E-state index contributed by atoms with van der Waals surface area (Å²) in [7, 11) is 3.62. The van der Waals surface area contributed by atoms with Gasteiger partial charge in [-0.15, -0.1) is 0 Å². The molecule has 22 heavy (non-hydrogen) atoms. The van der Waals surface area contributed by atoms with Gasteiger partial charge in [0, 0.05) is 40.0 Å². The third kappa shape index (κ3) is 3.02. The topological polar surface area (TPSA) is 42.0 Å². The predicted octanol–water partition coefficient (Wildman–Crippen LogP) is 1.65. The van der Waals surface area contributed by atoms with Crippen molar-refractivity contribution in [2.24, 2.45) is 0 Å². The summed E-state index contributed by atoms with van der Waals surface area (Å²) in [6.45, 7) is 2.97. The molecule has 0 saturated carbocycles. The van der Waals surface area contributed by atoms with Gasteiger partial charge in [-0.25, -0.2) is 0 Å². The van der Waals surface area contributed by atoms with Gasteiger partial charge in [0.15, 0.2) is 5.79 Å². The predicted molar refractivity (Wildman–Crippen MR) is 83.3 cm³/mol. The van der Waals surface area contributed by atoms with E-state index < -0.39 is 5.79 Å². The van der Waals surface area contributed by atoms with Gasteiger partial charge in [0.05, 0.1) is 13.2 Å². The molecule has 1 aromatic rings. The van der Waals surface area contributed by atoms with Crippen molar-refractivity contribution >= 4 is 5.91 Å². The van der Waals surface area contributed by atoms with Crippen LogP contribution >= 0.6 is 0 Å². The summed E-state index contributed by atoms with van der Waals surface area (Å²) >= 11 is 0. The molecule has 0 aliphatic carbocycles. The van der Waals surface area contributed by atoms with E-state index in [9.17, 15) is 4.79 Å². The quantitative estimate of drug-likeness (QED) is 0.851. The molecule has 2 fully saturated rings. The molecule has 2 aliphatic heterocycles. The average molecular weight is 304 g/mol. The second-order valence-corrected chi connectivity index (χ2v) is 6.19. The first-order chi connectivity index (χ1) is 10.6. The highest BCUT2D eigenvalue weighted by molar-refractivity contribution is 5.82. The van der Waals surface area contributed by atoms with Crippen molar-refractivity contribution in [3.63, 3.8) is 0 Å². The number of nitrogens with zero attached hydrogens (tertiary/aromatic N) is 2. The van der Waals surface area contributed by atoms with Crippen LogP contribution in [0.25, 0.3) is 0 Å². The lowest BCUT2D eigenvalue weighted by Crippen LogP contribution is -2.49. The second kappa shape index (κ2) is 6.36. The van der Waals surface area contributed by atoms with Crippen LogP contribution in [0.15, 0.2) is 30.3 Å². The Balaban J connectivity index is 1.77. The van der Waals surface area contributed by atoms with Gasteiger partial charge in [-0.1, -0.05) is 30.3 Å². The summed E-state index contributed by atoms with van der Waals surface area (Å²) in [5.41, 5.74) is 1.05. The fourth-order valence-electron chi connectivity index (χ4n) is 3.30. The van der Waals surface area contributed by atoms with E-state index in [0.29, 0.717) is 13.2 Å². The van der Waals surface area contributed by atoms with Crippen LogP contribution in [0.1, 0.15) is 24.4 Å². The Morgan fingerprint density at radius 1 is 1.14 bits per heavy atom. The zero-order chi connectivity index (χ0) is 15.6. The van der Waals surface area contributed by atoms with E-state index in [1.165, 1.54) is 0 Å². The second-order valence-electron chi connectivity index (χ2n) is 6.19. The van der Waals surface area contributed by atoms with Crippen LogP contribution in [-0.2, 0) is 14.3 Å². The van der Waals surface area contributed by atoms with Crippen LogP contribution in [0.4, 0.5) is 0 Å². The number of carbonyl (C=O) groups is 1. The highest BCUT2D eigenvalue weighted by Gasteiger charge is 2.42. The van der Waals surface area contributed by atoms with E-state index in [4.69, 9.17) is 9.47 Å². The van der Waals surface area contributed by atoms with Crippen molar-refractivity contribution in [3.05, 3.63) is 35.9 Å². The molecule has 0 bridgehead atoms. The Morgan fingerprint density at radius 2 is 1.73 bits per heavy atom. The molecule has 0 N–H and O–H groups in total. The minimum Gasteiger partial charge on any atom is -0.347 e. The molecule has 3 rings (SSSR count). The van der Waals surface area contributed by atoms with E-state index in [1.54, 1.807) is 4.90 Å². The van der Waals surface area contributed by atoms with Gasteiger partial charge in [-0.2, -0.15) is 0 Å². The molecule has 2 aliphatic rings. The van der Waals surface area contributed by atoms with Crippen LogP contribution in [-0.4, -0.2) is 61.9 Å². The Labute approximate surface area is 131 Å². The smallest absolute Gasteiger partial charge is 0.244 e. The number of amides is 1. The fourth-order valence-corrected chi connectivity index (χ4v) is 3.30. The van der Waals surface area contributed by atoms with Gasteiger partial charge in [0.1, 0.15) is 6.04 Å². The first-order valence-corrected chi connectivity index (χ1v) is 7.89. The lowest BCUT2D eigenvalue weighted by atomic mass is 9.97. The number of rotatable bonds is 3. The molecule has 0 aromatic heterocycles. The molecule has 5 heteroatoms. The molecule has 1 unspecified atom stereocenters. The van der Waals surface area contributed by atoms with E-state index in [1.807, 2.05) is 44.4 Å². The third-order valence-electron chi connectivity index (χ3n) is 4.53. The molecular formula is C17H24N2O3. The highest BCUT2D eigenvalue weighted by atomic mass is 16.7. The average Bonchev–Trinajstić information content (AvgIpc) is 2.99. The van der Waals surface area contributed by atoms with Crippen LogP contribution in [0, 0.1) is 0 Å². The van der Waals surface area contributed by atoms with E-state index in [-0.39, 0.29) is 11.9 Å². The molecule has 1 spiro atoms. The number of hydrogen-bond acceptors (Lipinski definition) is 4. The van der Waals surface area contributed by atoms with Gasteiger partial charge in [-0.05, 0) is 5.56 Å². The van der Waals surface area contributed by atoms with Crippen molar-refractivity contribution in [2.75, 3.05) is 40.4 Å². The molecular weight excluding hydrogens is 280 g/mol. The molecule has 120 valence electrons. The number of hydrogen-bond donors (Lipinski definition) is 0. The zero-order valence-electron chi connectivity index (χ0n) is 13.3. The maximum atomic E-state index is 12.7. The number of benzene rings is 1. The molecule has 1 atom stereocenters. The summed E-state index contributed by atoms with van der Waals surface area (Å²) in [5.74, 6) is -0.283. The van der Waals surface area contributed by atoms with Crippen molar-refractivity contribution in [3.8, 4) is 0 Å². The van der Waals surface area contributed by atoms with E-state index >= 15 is 0 Å². The summed E-state index contributed by atoms with van der Waals surface area (Å²) in [6, 6.07) is 9.78. The number of ether oxygens (including phenoxy) is 2. The van der Waals surface area contributed by atoms with Crippen LogP contribution in [0.3, 0.4) is 0 Å². The first-order valence-electron chi connectivity index (χ1n) is 7.89. The molecule has 1 amide bonds. The maximum absolute atomic E-state index is 12.7. The summed E-state index contributed by atoms with van der Waals surface area (Å²) in [4.78, 5) is 16.6. The number of likely N-dealkylation sites (N-methyl/N-ethyl adjacent to an activating group) is 1. The molecule has 0 radical (unpaired) electrons. The molecule has 1 aromatic carbocycles. The lowest BCUT2D eigenvalue weighted by molar-refractivity contribution is -0.189. The lowest BCUT2D eigenvalue weighted by Gasteiger charge is -2.41. The Hall–Kier alpha value is -1.43. The minimum atomic E-state index is -0.404. The minimum absolute atomic E-state index is 0.121. The van der Waals surface area contributed by atoms with Crippen LogP contribution in [0.5, 0.6) is 0 Å². The van der Waals surface area contributed by atoms with Gasteiger partial charge >= 0.3 is 0 Å². The first kappa shape index (κ1) is 15.5. The van der Waals surface area contributed by atoms with Crippen molar-refractivity contribution in [2.45, 2.75) is 24.7 Å². The molecule has 5 nitrogen and oxygen atoms in total. The number of likely N-dealkylation sites (tertiary alicyclic amines) is 1. The highest BCUT2D eigenvalue weighted by Crippen LogP contribution is 2.35. The van der Waals surface area contributed by atoms with Crippen molar-refractivity contribution < 1.29 is 14.3 Å².